The normalized spacial score (nSPS) is 15.1. The van der Waals surface area contributed by atoms with Crippen LogP contribution in [0.5, 0.6) is 11.5 Å². The van der Waals surface area contributed by atoms with E-state index in [4.69, 9.17) is 9.47 Å². The van der Waals surface area contributed by atoms with Gasteiger partial charge in [-0.3, -0.25) is 9.59 Å². The van der Waals surface area contributed by atoms with Crippen LogP contribution in [-0.4, -0.2) is 62.0 Å². The fourth-order valence-corrected chi connectivity index (χ4v) is 3.09. The molecule has 1 fully saturated rings. The summed E-state index contributed by atoms with van der Waals surface area (Å²) in [7, 11) is 3.14. The molecule has 1 saturated heterocycles. The van der Waals surface area contributed by atoms with Crippen molar-refractivity contribution in [3.05, 3.63) is 23.3 Å². The van der Waals surface area contributed by atoms with Crippen LogP contribution in [0.4, 0.5) is 0 Å². The van der Waals surface area contributed by atoms with Crippen LogP contribution in [0.2, 0.25) is 0 Å². The lowest BCUT2D eigenvalue weighted by molar-refractivity contribution is -0.134. The number of hydrogen-bond donors (Lipinski definition) is 0. The highest BCUT2D eigenvalue weighted by atomic mass is 16.5. The molecular weight excluding hydrogens is 320 g/mol. The molecule has 0 unspecified atom stereocenters. The molecule has 0 spiro atoms. The first-order valence-electron chi connectivity index (χ1n) is 8.69. The fourth-order valence-electron chi connectivity index (χ4n) is 3.09. The first kappa shape index (κ1) is 19.1. The summed E-state index contributed by atoms with van der Waals surface area (Å²) < 4.78 is 10.6. The number of aryl methyl sites for hydroxylation is 1. The van der Waals surface area contributed by atoms with E-state index >= 15 is 0 Å². The molecule has 25 heavy (non-hydrogen) atoms. The number of amides is 2. The fraction of sp³-hybridized carbons (Fsp3) is 0.579. The van der Waals surface area contributed by atoms with Gasteiger partial charge >= 0.3 is 0 Å². The van der Waals surface area contributed by atoms with E-state index in [2.05, 4.69) is 0 Å². The smallest absolute Gasteiger partial charge is 0.254 e. The molecule has 1 aliphatic heterocycles. The molecule has 6 heteroatoms. The highest BCUT2D eigenvalue weighted by molar-refractivity contribution is 5.96. The molecule has 138 valence electrons. The van der Waals surface area contributed by atoms with Crippen molar-refractivity contribution in [1.82, 2.24) is 9.80 Å². The average Bonchev–Trinajstić information content (AvgIpc) is 2.86. The predicted octanol–water partition coefficient (Wildman–Crippen LogP) is 2.34. The molecule has 2 rings (SSSR count). The molecule has 1 aliphatic rings. The van der Waals surface area contributed by atoms with Gasteiger partial charge in [0.05, 0.1) is 14.2 Å². The summed E-state index contributed by atoms with van der Waals surface area (Å²) >= 11 is 0. The van der Waals surface area contributed by atoms with E-state index in [0.29, 0.717) is 43.2 Å². The number of nitrogens with zero attached hydrogens (tertiary/aromatic N) is 2. The molecule has 2 amide bonds. The largest absolute Gasteiger partial charge is 0.493 e. The van der Waals surface area contributed by atoms with Crippen LogP contribution >= 0.6 is 0 Å². The van der Waals surface area contributed by atoms with Gasteiger partial charge < -0.3 is 19.3 Å². The molecular formula is C19H28N2O4. The zero-order valence-electron chi connectivity index (χ0n) is 15.8. The van der Waals surface area contributed by atoms with Crippen LogP contribution in [0, 0.1) is 12.8 Å². The number of hydrogen-bond acceptors (Lipinski definition) is 4. The summed E-state index contributed by atoms with van der Waals surface area (Å²) in [5, 5.41) is 0. The van der Waals surface area contributed by atoms with E-state index < -0.39 is 0 Å². The van der Waals surface area contributed by atoms with E-state index in [1.54, 1.807) is 20.3 Å². The van der Waals surface area contributed by atoms with Gasteiger partial charge in [0.25, 0.3) is 5.91 Å². The van der Waals surface area contributed by atoms with E-state index in [9.17, 15) is 9.59 Å². The van der Waals surface area contributed by atoms with Crippen molar-refractivity contribution in [1.29, 1.82) is 0 Å². The van der Waals surface area contributed by atoms with Gasteiger partial charge in [0.2, 0.25) is 5.91 Å². The van der Waals surface area contributed by atoms with E-state index in [0.717, 1.165) is 12.0 Å². The van der Waals surface area contributed by atoms with Crippen molar-refractivity contribution >= 4 is 11.8 Å². The van der Waals surface area contributed by atoms with Gasteiger partial charge in [0.1, 0.15) is 0 Å². The molecule has 0 bridgehead atoms. The van der Waals surface area contributed by atoms with Crippen molar-refractivity contribution in [2.45, 2.75) is 27.2 Å². The number of rotatable bonds is 4. The zero-order valence-corrected chi connectivity index (χ0v) is 15.8. The monoisotopic (exact) mass is 348 g/mol. The molecule has 0 aliphatic carbocycles. The van der Waals surface area contributed by atoms with Crippen LogP contribution < -0.4 is 9.47 Å². The van der Waals surface area contributed by atoms with Gasteiger partial charge in [-0.1, -0.05) is 13.8 Å². The number of methoxy groups -OCH3 is 2. The van der Waals surface area contributed by atoms with E-state index in [1.165, 1.54) is 0 Å². The Morgan fingerprint density at radius 3 is 2.12 bits per heavy atom. The molecule has 0 aromatic heterocycles. The third kappa shape index (κ3) is 4.24. The van der Waals surface area contributed by atoms with Crippen LogP contribution in [0.25, 0.3) is 0 Å². The second-order valence-electron chi connectivity index (χ2n) is 6.65. The Labute approximate surface area is 149 Å². The van der Waals surface area contributed by atoms with Crippen molar-refractivity contribution in [2.75, 3.05) is 40.4 Å². The molecule has 1 heterocycles. The quantitative estimate of drug-likeness (QED) is 0.838. The summed E-state index contributed by atoms with van der Waals surface area (Å²) in [6.07, 6.45) is 0.788. The maximum absolute atomic E-state index is 13.0. The maximum atomic E-state index is 13.0. The van der Waals surface area contributed by atoms with E-state index in [-0.39, 0.29) is 17.7 Å². The molecule has 1 aromatic carbocycles. The highest BCUT2D eigenvalue weighted by Crippen LogP contribution is 2.31. The SMILES string of the molecule is COc1cc(C)c(C(=O)N2CCCN(C(=O)C(C)C)CC2)cc1OC. The Morgan fingerprint density at radius 1 is 0.960 bits per heavy atom. The topological polar surface area (TPSA) is 59.1 Å². The van der Waals surface area contributed by atoms with Crippen LogP contribution in [-0.2, 0) is 4.79 Å². The standard InChI is InChI=1S/C19H28N2O4/c1-13(2)18(22)20-7-6-8-21(10-9-20)19(23)15-12-17(25-5)16(24-4)11-14(15)3/h11-13H,6-10H2,1-5H3. The van der Waals surface area contributed by atoms with Gasteiger partial charge in [-0.2, -0.15) is 0 Å². The summed E-state index contributed by atoms with van der Waals surface area (Å²) in [6.45, 7) is 8.17. The van der Waals surface area contributed by atoms with Crippen molar-refractivity contribution in [3.63, 3.8) is 0 Å². The average molecular weight is 348 g/mol. The molecule has 6 nitrogen and oxygen atoms in total. The molecule has 1 aromatic rings. The lowest BCUT2D eigenvalue weighted by atomic mass is 10.1. The Balaban J connectivity index is 2.17. The van der Waals surface area contributed by atoms with Gasteiger partial charge in [-0.15, -0.1) is 0 Å². The summed E-state index contributed by atoms with van der Waals surface area (Å²) in [5.74, 6) is 1.26. The Bertz CT molecular complexity index is 643. The second-order valence-corrected chi connectivity index (χ2v) is 6.65. The minimum absolute atomic E-state index is 0.0182. The minimum Gasteiger partial charge on any atom is -0.493 e. The van der Waals surface area contributed by atoms with Gasteiger partial charge in [0.15, 0.2) is 11.5 Å². The molecule has 0 N–H and O–H groups in total. The maximum Gasteiger partial charge on any atom is 0.254 e. The van der Waals surface area contributed by atoms with Crippen molar-refractivity contribution < 1.29 is 19.1 Å². The van der Waals surface area contributed by atoms with Crippen LogP contribution in [0.15, 0.2) is 12.1 Å². The minimum atomic E-state index is -0.0303. The van der Waals surface area contributed by atoms with Gasteiger partial charge in [0, 0.05) is 37.7 Å². The zero-order chi connectivity index (χ0) is 18.6. The molecule has 0 radical (unpaired) electrons. The predicted molar refractivity (Wildman–Crippen MR) is 96.2 cm³/mol. The lowest BCUT2D eigenvalue weighted by Gasteiger charge is -2.24. The molecule has 0 saturated carbocycles. The number of benzene rings is 1. The van der Waals surface area contributed by atoms with Crippen LogP contribution in [0.1, 0.15) is 36.2 Å². The second kappa shape index (κ2) is 8.23. The van der Waals surface area contributed by atoms with Crippen LogP contribution in [0.3, 0.4) is 0 Å². The Hall–Kier alpha value is -2.24. The summed E-state index contributed by atoms with van der Waals surface area (Å²) in [5.41, 5.74) is 1.46. The summed E-state index contributed by atoms with van der Waals surface area (Å²) in [4.78, 5) is 28.9. The Kier molecular flexibility index (Phi) is 6.28. The van der Waals surface area contributed by atoms with Crippen molar-refractivity contribution in [2.24, 2.45) is 5.92 Å². The number of carbonyl (C=O) groups excluding carboxylic acids is 2. The Morgan fingerprint density at radius 2 is 1.52 bits per heavy atom. The highest BCUT2D eigenvalue weighted by Gasteiger charge is 2.25. The summed E-state index contributed by atoms with van der Waals surface area (Å²) in [6, 6.07) is 3.55. The number of carbonyl (C=O) groups is 2. The number of ether oxygens (including phenoxy) is 2. The lowest BCUT2D eigenvalue weighted by Crippen LogP contribution is -2.39. The molecule has 0 atom stereocenters. The first-order valence-corrected chi connectivity index (χ1v) is 8.69. The third-order valence-corrected chi connectivity index (χ3v) is 4.55. The third-order valence-electron chi connectivity index (χ3n) is 4.55. The van der Waals surface area contributed by atoms with Crippen molar-refractivity contribution in [3.8, 4) is 11.5 Å². The van der Waals surface area contributed by atoms with E-state index in [1.807, 2.05) is 36.6 Å². The van der Waals surface area contributed by atoms with Gasteiger partial charge in [-0.25, -0.2) is 0 Å². The first-order chi connectivity index (χ1) is 11.9. The van der Waals surface area contributed by atoms with Gasteiger partial charge in [-0.05, 0) is 31.0 Å².